The lowest BCUT2D eigenvalue weighted by atomic mass is 10.1. The average molecular weight is 417 g/mol. The summed E-state index contributed by atoms with van der Waals surface area (Å²) in [6.07, 6.45) is -0.189. The number of halogens is 1. The van der Waals surface area contributed by atoms with E-state index in [9.17, 15) is 9.18 Å². The third kappa shape index (κ3) is 4.31. The number of rotatable bonds is 6. The molecule has 0 saturated heterocycles. The molecule has 1 heterocycles. The molecular formula is C26H24FNO3. The molecule has 0 amide bonds. The lowest BCUT2D eigenvalue weighted by molar-refractivity contribution is 0.231. The Hall–Kier alpha value is -3.60. The number of pyridine rings is 1. The number of hydrogen-bond acceptors (Lipinski definition) is 3. The number of hydrogen-bond donors (Lipinski definition) is 0. The van der Waals surface area contributed by atoms with Gasteiger partial charge in [-0.15, -0.1) is 0 Å². The third-order valence-corrected chi connectivity index (χ3v) is 5.10. The Bertz CT molecular complexity index is 1260. The quantitative estimate of drug-likeness (QED) is 0.407. The van der Waals surface area contributed by atoms with Crippen LogP contribution in [0.1, 0.15) is 19.4 Å². The fourth-order valence-electron chi connectivity index (χ4n) is 3.65. The monoisotopic (exact) mass is 417 g/mol. The smallest absolute Gasteiger partial charge is 0.190 e. The molecule has 0 atom stereocenters. The predicted molar refractivity (Wildman–Crippen MR) is 121 cm³/mol. The van der Waals surface area contributed by atoms with Gasteiger partial charge in [-0.3, -0.25) is 4.79 Å². The highest BCUT2D eigenvalue weighted by Crippen LogP contribution is 2.30. The molecular weight excluding hydrogens is 393 g/mol. The van der Waals surface area contributed by atoms with Crippen molar-refractivity contribution in [1.29, 1.82) is 0 Å². The Balaban J connectivity index is 1.99. The van der Waals surface area contributed by atoms with E-state index in [4.69, 9.17) is 9.47 Å². The SMILES string of the molecule is COc1ccc(-c2cc(=O)c3cc(F)c(OC(C)C)cc3n2Cc2ccccc2)cc1. The highest BCUT2D eigenvalue weighted by molar-refractivity contribution is 5.84. The molecule has 4 rings (SSSR count). The summed E-state index contributed by atoms with van der Waals surface area (Å²) >= 11 is 0. The van der Waals surface area contributed by atoms with E-state index >= 15 is 0 Å². The lowest BCUT2D eigenvalue weighted by Gasteiger charge is -2.19. The molecule has 0 fully saturated rings. The van der Waals surface area contributed by atoms with Gasteiger partial charge in [0.15, 0.2) is 17.0 Å². The second kappa shape index (κ2) is 8.64. The highest BCUT2D eigenvalue weighted by atomic mass is 19.1. The van der Waals surface area contributed by atoms with E-state index in [1.54, 1.807) is 19.2 Å². The van der Waals surface area contributed by atoms with E-state index in [2.05, 4.69) is 0 Å². The number of aromatic nitrogens is 1. The van der Waals surface area contributed by atoms with E-state index in [0.717, 1.165) is 22.6 Å². The summed E-state index contributed by atoms with van der Waals surface area (Å²) in [5, 5.41) is 0.321. The van der Waals surface area contributed by atoms with Crippen LogP contribution >= 0.6 is 0 Å². The van der Waals surface area contributed by atoms with Crippen molar-refractivity contribution < 1.29 is 13.9 Å². The van der Waals surface area contributed by atoms with Gasteiger partial charge in [-0.05, 0) is 55.3 Å². The molecule has 3 aromatic carbocycles. The third-order valence-electron chi connectivity index (χ3n) is 5.10. The van der Waals surface area contributed by atoms with E-state index in [1.165, 1.54) is 6.07 Å². The van der Waals surface area contributed by atoms with Crippen LogP contribution in [-0.4, -0.2) is 17.8 Å². The van der Waals surface area contributed by atoms with Crippen molar-refractivity contribution in [1.82, 2.24) is 4.57 Å². The van der Waals surface area contributed by atoms with Crippen LogP contribution in [0, 0.1) is 5.82 Å². The first-order valence-corrected chi connectivity index (χ1v) is 10.2. The number of benzene rings is 3. The number of methoxy groups -OCH3 is 1. The molecule has 5 heteroatoms. The molecule has 1 aromatic heterocycles. The van der Waals surface area contributed by atoms with Crippen molar-refractivity contribution in [2.24, 2.45) is 0 Å². The minimum Gasteiger partial charge on any atom is -0.497 e. The molecule has 0 aliphatic carbocycles. The summed E-state index contributed by atoms with van der Waals surface area (Å²) in [4.78, 5) is 12.9. The van der Waals surface area contributed by atoms with Crippen LogP contribution in [0.5, 0.6) is 11.5 Å². The van der Waals surface area contributed by atoms with E-state index in [1.807, 2.05) is 73.0 Å². The van der Waals surface area contributed by atoms with Gasteiger partial charge in [0.1, 0.15) is 5.75 Å². The first kappa shape index (κ1) is 20.7. The molecule has 0 spiro atoms. The van der Waals surface area contributed by atoms with Crippen molar-refractivity contribution in [3.8, 4) is 22.8 Å². The molecule has 158 valence electrons. The Morgan fingerprint density at radius 2 is 1.68 bits per heavy atom. The average Bonchev–Trinajstić information content (AvgIpc) is 2.77. The molecule has 0 aliphatic heterocycles. The van der Waals surface area contributed by atoms with Crippen molar-refractivity contribution in [2.45, 2.75) is 26.5 Å². The van der Waals surface area contributed by atoms with Crippen LogP contribution in [0.25, 0.3) is 22.2 Å². The van der Waals surface area contributed by atoms with Gasteiger partial charge >= 0.3 is 0 Å². The Morgan fingerprint density at radius 1 is 0.968 bits per heavy atom. The Kier molecular flexibility index (Phi) is 5.76. The van der Waals surface area contributed by atoms with Crippen molar-refractivity contribution in [3.05, 3.63) is 94.4 Å². The second-order valence-corrected chi connectivity index (χ2v) is 7.66. The van der Waals surface area contributed by atoms with Crippen LogP contribution in [0.15, 0.2) is 77.6 Å². The van der Waals surface area contributed by atoms with Gasteiger partial charge in [0.05, 0.1) is 24.4 Å². The van der Waals surface area contributed by atoms with Gasteiger partial charge in [-0.2, -0.15) is 0 Å². The van der Waals surface area contributed by atoms with Crippen molar-refractivity contribution >= 4 is 10.9 Å². The molecule has 31 heavy (non-hydrogen) atoms. The van der Waals surface area contributed by atoms with Gasteiger partial charge in [0.25, 0.3) is 0 Å². The van der Waals surface area contributed by atoms with Crippen molar-refractivity contribution in [2.75, 3.05) is 7.11 Å². The van der Waals surface area contributed by atoms with Gasteiger partial charge in [0.2, 0.25) is 0 Å². The van der Waals surface area contributed by atoms with Gasteiger partial charge in [-0.1, -0.05) is 30.3 Å². The molecule has 0 aliphatic rings. The second-order valence-electron chi connectivity index (χ2n) is 7.66. The Labute approximate surface area is 180 Å². The van der Waals surface area contributed by atoms with Crippen LogP contribution in [0.4, 0.5) is 4.39 Å². The summed E-state index contributed by atoms with van der Waals surface area (Å²) in [5.41, 5.74) is 3.06. The van der Waals surface area contributed by atoms with Gasteiger partial charge < -0.3 is 14.0 Å². The largest absolute Gasteiger partial charge is 0.497 e. The van der Waals surface area contributed by atoms with E-state index < -0.39 is 5.82 Å². The number of nitrogens with zero attached hydrogens (tertiary/aromatic N) is 1. The van der Waals surface area contributed by atoms with E-state index in [0.29, 0.717) is 17.4 Å². The molecule has 4 aromatic rings. The standard InChI is InChI=1S/C26H24FNO3/c1-17(2)31-26-15-24-21(13-22(26)27)25(29)14-23(19-9-11-20(30-3)12-10-19)28(24)16-18-7-5-4-6-8-18/h4-15,17H,16H2,1-3H3. The summed E-state index contributed by atoms with van der Waals surface area (Å²) < 4.78 is 27.6. The molecule has 0 unspecified atom stereocenters. The first-order chi connectivity index (χ1) is 15.0. The summed E-state index contributed by atoms with van der Waals surface area (Å²) in [7, 11) is 1.61. The van der Waals surface area contributed by atoms with Crippen LogP contribution < -0.4 is 14.9 Å². The summed E-state index contributed by atoms with van der Waals surface area (Å²) in [6, 6.07) is 22.0. The highest BCUT2D eigenvalue weighted by Gasteiger charge is 2.16. The Morgan fingerprint density at radius 3 is 2.32 bits per heavy atom. The summed E-state index contributed by atoms with van der Waals surface area (Å²) in [6.45, 7) is 4.20. The predicted octanol–water partition coefficient (Wildman–Crippen LogP) is 5.65. The fraction of sp³-hybridized carbons (Fsp3) is 0.192. The number of fused-ring (bicyclic) bond motifs is 1. The zero-order valence-electron chi connectivity index (χ0n) is 17.8. The van der Waals surface area contributed by atoms with Crippen molar-refractivity contribution in [3.63, 3.8) is 0 Å². The van der Waals surface area contributed by atoms with Gasteiger partial charge in [-0.25, -0.2) is 4.39 Å². The maximum absolute atomic E-state index is 14.6. The lowest BCUT2D eigenvalue weighted by Crippen LogP contribution is -2.14. The minimum absolute atomic E-state index is 0.135. The van der Waals surface area contributed by atoms with Crippen LogP contribution in [0.3, 0.4) is 0 Å². The maximum Gasteiger partial charge on any atom is 0.190 e. The zero-order valence-corrected chi connectivity index (χ0v) is 17.8. The minimum atomic E-state index is -0.540. The normalized spacial score (nSPS) is 11.1. The molecule has 4 nitrogen and oxygen atoms in total. The summed E-state index contributed by atoms with van der Waals surface area (Å²) in [5.74, 6) is 0.327. The first-order valence-electron chi connectivity index (χ1n) is 10.2. The fourth-order valence-corrected chi connectivity index (χ4v) is 3.65. The van der Waals surface area contributed by atoms with Crippen LogP contribution in [0.2, 0.25) is 0 Å². The van der Waals surface area contributed by atoms with Crippen LogP contribution in [-0.2, 0) is 6.54 Å². The van der Waals surface area contributed by atoms with E-state index in [-0.39, 0.29) is 17.3 Å². The molecule has 0 saturated carbocycles. The topological polar surface area (TPSA) is 40.5 Å². The molecule has 0 N–H and O–H groups in total. The molecule has 0 bridgehead atoms. The molecule has 0 radical (unpaired) electrons. The maximum atomic E-state index is 14.6. The van der Waals surface area contributed by atoms with Gasteiger partial charge in [0, 0.05) is 24.1 Å². The number of ether oxygens (including phenoxy) is 2. The zero-order chi connectivity index (χ0) is 22.0.